The van der Waals surface area contributed by atoms with Gasteiger partial charge in [-0.2, -0.15) is 0 Å². The zero-order chi connectivity index (χ0) is 11.8. The van der Waals surface area contributed by atoms with Gasteiger partial charge in [0.05, 0.1) is 0 Å². The first-order valence-electron chi connectivity index (χ1n) is 6.20. The Kier molecular flexibility index (Phi) is 3.15. The molecule has 0 bridgehead atoms. The monoisotopic (exact) mass is 237 g/mol. The zero-order valence-corrected chi connectivity index (χ0v) is 11.7. The zero-order valence-electron chi connectivity index (χ0n) is 10.8. The number of hydrogen-bond acceptors (Lipinski definition) is 2. The fourth-order valence-corrected chi connectivity index (χ4v) is 3.67. The largest absolute Gasteiger partial charge is 0.311 e. The second kappa shape index (κ2) is 4.15. The third-order valence-corrected chi connectivity index (χ3v) is 4.60. The van der Waals surface area contributed by atoms with E-state index in [-0.39, 0.29) is 5.54 Å². The third kappa shape index (κ3) is 2.49. The van der Waals surface area contributed by atoms with Gasteiger partial charge < -0.3 is 5.32 Å². The number of hydrogen-bond donors (Lipinski definition) is 1. The van der Waals surface area contributed by atoms with Gasteiger partial charge in [0.25, 0.3) is 0 Å². The van der Waals surface area contributed by atoms with Crippen molar-refractivity contribution in [2.45, 2.75) is 51.5 Å². The van der Waals surface area contributed by atoms with E-state index in [4.69, 9.17) is 0 Å². The molecule has 1 saturated carbocycles. The van der Waals surface area contributed by atoms with Gasteiger partial charge in [-0.25, -0.2) is 0 Å². The van der Waals surface area contributed by atoms with E-state index < -0.39 is 0 Å². The molecular formula is C14H23NS. The van der Waals surface area contributed by atoms with Crippen molar-refractivity contribution < 1.29 is 0 Å². The van der Waals surface area contributed by atoms with Gasteiger partial charge in [0.2, 0.25) is 0 Å². The topological polar surface area (TPSA) is 12.0 Å². The van der Waals surface area contributed by atoms with Gasteiger partial charge in [0, 0.05) is 22.4 Å². The minimum Gasteiger partial charge on any atom is -0.311 e. The minimum absolute atomic E-state index is 0.225. The molecule has 0 aromatic carbocycles. The second-order valence-electron chi connectivity index (χ2n) is 6.37. The maximum atomic E-state index is 3.68. The summed E-state index contributed by atoms with van der Waals surface area (Å²) >= 11 is 1.92. The molecule has 0 unspecified atom stereocenters. The molecule has 1 N–H and O–H groups in total. The molecular weight excluding hydrogens is 214 g/mol. The van der Waals surface area contributed by atoms with Crippen molar-refractivity contribution in [1.82, 2.24) is 5.32 Å². The summed E-state index contributed by atoms with van der Waals surface area (Å²) in [7, 11) is 0. The van der Waals surface area contributed by atoms with Gasteiger partial charge in [-0.05, 0) is 51.0 Å². The molecule has 0 atom stereocenters. The molecule has 90 valence electrons. The average Bonchev–Trinajstić information content (AvgIpc) is 2.61. The van der Waals surface area contributed by atoms with E-state index in [2.05, 4.69) is 50.5 Å². The summed E-state index contributed by atoms with van der Waals surface area (Å²) in [6.07, 6.45) is 2.69. The molecule has 0 aliphatic heterocycles. The normalized spacial score (nSPS) is 30.1. The highest BCUT2D eigenvalue weighted by Gasteiger charge is 2.44. The van der Waals surface area contributed by atoms with Crippen molar-refractivity contribution in [2.75, 3.05) is 6.54 Å². The van der Waals surface area contributed by atoms with Crippen LogP contribution in [0.5, 0.6) is 0 Å². The van der Waals surface area contributed by atoms with Crippen LogP contribution in [-0.2, 0) is 5.41 Å². The first-order chi connectivity index (χ1) is 7.41. The molecule has 1 aliphatic carbocycles. The fraction of sp³-hybridized carbons (Fsp3) is 0.714. The lowest BCUT2D eigenvalue weighted by molar-refractivity contribution is 0.145. The lowest BCUT2D eigenvalue weighted by atomic mass is 9.61. The molecule has 1 aliphatic rings. The van der Waals surface area contributed by atoms with Crippen molar-refractivity contribution in [3.8, 4) is 0 Å². The fourth-order valence-electron chi connectivity index (χ4n) is 2.72. The molecule has 2 rings (SSSR count). The summed E-state index contributed by atoms with van der Waals surface area (Å²) in [6.45, 7) is 10.2. The third-order valence-electron chi connectivity index (χ3n) is 3.48. The predicted molar refractivity (Wildman–Crippen MR) is 72.2 cm³/mol. The van der Waals surface area contributed by atoms with Crippen LogP contribution >= 0.6 is 11.3 Å². The molecule has 1 nitrogen and oxygen atoms in total. The Morgan fingerprint density at radius 2 is 2.12 bits per heavy atom. The summed E-state index contributed by atoms with van der Waals surface area (Å²) in [6, 6.07) is 4.49. The van der Waals surface area contributed by atoms with E-state index in [0.717, 1.165) is 12.5 Å². The number of nitrogens with one attached hydrogen (secondary N) is 1. The Labute approximate surface area is 103 Å². The highest BCUT2D eigenvalue weighted by atomic mass is 32.1. The molecule has 1 heterocycles. The predicted octanol–water partition coefficient (Wildman–Crippen LogP) is 3.80. The van der Waals surface area contributed by atoms with Crippen LogP contribution in [-0.4, -0.2) is 12.1 Å². The lowest BCUT2D eigenvalue weighted by Gasteiger charge is -2.47. The summed E-state index contributed by atoms with van der Waals surface area (Å²) in [5, 5.41) is 5.89. The maximum Gasteiger partial charge on any atom is 0.0177 e. The summed E-state index contributed by atoms with van der Waals surface area (Å²) in [5.41, 5.74) is 0.657. The SMILES string of the molecule is CC1CC(CNC(C)(C)C)(c2cccs2)C1. The molecule has 2 heteroatoms. The van der Waals surface area contributed by atoms with Gasteiger partial charge in [-0.3, -0.25) is 0 Å². The summed E-state index contributed by atoms with van der Waals surface area (Å²) in [4.78, 5) is 1.57. The van der Waals surface area contributed by atoms with Crippen LogP contribution < -0.4 is 5.32 Å². The second-order valence-corrected chi connectivity index (χ2v) is 7.32. The molecule has 0 spiro atoms. The van der Waals surface area contributed by atoms with E-state index in [1.807, 2.05) is 11.3 Å². The summed E-state index contributed by atoms with van der Waals surface area (Å²) < 4.78 is 0. The molecule has 0 saturated heterocycles. The minimum atomic E-state index is 0.225. The van der Waals surface area contributed by atoms with Gasteiger partial charge in [0.15, 0.2) is 0 Å². The Balaban J connectivity index is 2.06. The molecule has 16 heavy (non-hydrogen) atoms. The van der Waals surface area contributed by atoms with E-state index in [9.17, 15) is 0 Å². The van der Waals surface area contributed by atoms with Crippen molar-refractivity contribution in [3.63, 3.8) is 0 Å². The first-order valence-corrected chi connectivity index (χ1v) is 7.08. The Hall–Kier alpha value is -0.340. The standard InChI is InChI=1S/C14H23NS/c1-11-8-14(9-11,10-15-13(2,3)4)12-6-5-7-16-12/h5-7,11,15H,8-10H2,1-4H3. The quantitative estimate of drug-likeness (QED) is 0.843. The van der Waals surface area contributed by atoms with Crippen LogP contribution in [0.2, 0.25) is 0 Å². The Morgan fingerprint density at radius 1 is 1.44 bits per heavy atom. The van der Waals surface area contributed by atoms with Crippen molar-refractivity contribution in [3.05, 3.63) is 22.4 Å². The molecule has 1 fully saturated rings. The maximum absolute atomic E-state index is 3.68. The van der Waals surface area contributed by atoms with Gasteiger partial charge >= 0.3 is 0 Å². The van der Waals surface area contributed by atoms with Crippen LogP contribution in [0.4, 0.5) is 0 Å². The van der Waals surface area contributed by atoms with Crippen LogP contribution in [0.15, 0.2) is 17.5 Å². The molecule has 0 radical (unpaired) electrons. The molecule has 1 aromatic heterocycles. The van der Waals surface area contributed by atoms with Crippen molar-refractivity contribution in [1.29, 1.82) is 0 Å². The van der Waals surface area contributed by atoms with Crippen LogP contribution in [0.3, 0.4) is 0 Å². The molecule has 0 amide bonds. The highest BCUT2D eigenvalue weighted by molar-refractivity contribution is 7.10. The van der Waals surface area contributed by atoms with E-state index in [0.29, 0.717) is 5.41 Å². The highest BCUT2D eigenvalue weighted by Crippen LogP contribution is 2.48. The smallest absolute Gasteiger partial charge is 0.0177 e. The first kappa shape index (κ1) is 12.1. The van der Waals surface area contributed by atoms with Gasteiger partial charge in [-0.1, -0.05) is 13.0 Å². The summed E-state index contributed by atoms with van der Waals surface area (Å²) in [5.74, 6) is 0.892. The van der Waals surface area contributed by atoms with Crippen LogP contribution in [0, 0.1) is 5.92 Å². The lowest BCUT2D eigenvalue weighted by Crippen LogP contribution is -2.51. The number of thiophene rings is 1. The number of rotatable bonds is 3. The van der Waals surface area contributed by atoms with Crippen LogP contribution in [0.25, 0.3) is 0 Å². The van der Waals surface area contributed by atoms with Gasteiger partial charge in [-0.15, -0.1) is 11.3 Å². The van der Waals surface area contributed by atoms with E-state index in [1.165, 1.54) is 12.8 Å². The Bertz CT molecular complexity index is 328. The van der Waals surface area contributed by atoms with E-state index >= 15 is 0 Å². The Morgan fingerprint density at radius 3 is 2.56 bits per heavy atom. The average molecular weight is 237 g/mol. The van der Waals surface area contributed by atoms with Crippen molar-refractivity contribution in [2.24, 2.45) is 5.92 Å². The van der Waals surface area contributed by atoms with E-state index in [1.54, 1.807) is 4.88 Å². The van der Waals surface area contributed by atoms with Crippen molar-refractivity contribution >= 4 is 11.3 Å². The van der Waals surface area contributed by atoms with Crippen LogP contribution in [0.1, 0.15) is 45.4 Å². The molecule has 1 aromatic rings. The van der Waals surface area contributed by atoms with Gasteiger partial charge in [0.1, 0.15) is 0 Å².